The third kappa shape index (κ3) is 1.55. The molecular formula is C11H9NO3S. The van der Waals surface area contributed by atoms with Gasteiger partial charge in [-0.1, -0.05) is 6.07 Å². The first kappa shape index (κ1) is 10.6. The summed E-state index contributed by atoms with van der Waals surface area (Å²) in [5, 5.41) is 9.82. The van der Waals surface area contributed by atoms with Gasteiger partial charge in [-0.25, -0.2) is 4.79 Å². The number of rotatable bonds is 2. The van der Waals surface area contributed by atoms with E-state index >= 15 is 0 Å². The summed E-state index contributed by atoms with van der Waals surface area (Å²) < 4.78 is 0.770. The first-order valence-corrected chi connectivity index (χ1v) is 5.38. The number of benzene rings is 1. The lowest BCUT2D eigenvalue weighted by Crippen LogP contribution is -2.10. The molecule has 1 aromatic heterocycles. The Labute approximate surface area is 95.3 Å². The average molecular weight is 235 g/mol. The molecule has 2 aromatic rings. The number of primary amides is 1. The lowest BCUT2D eigenvalue weighted by atomic mass is 10.1. The van der Waals surface area contributed by atoms with E-state index in [0.29, 0.717) is 10.4 Å². The van der Waals surface area contributed by atoms with E-state index in [9.17, 15) is 9.59 Å². The highest BCUT2D eigenvalue weighted by atomic mass is 32.1. The van der Waals surface area contributed by atoms with Crippen LogP contribution in [0.15, 0.2) is 18.2 Å². The van der Waals surface area contributed by atoms with Gasteiger partial charge in [0, 0.05) is 10.3 Å². The molecule has 0 bridgehead atoms. The van der Waals surface area contributed by atoms with Gasteiger partial charge >= 0.3 is 5.97 Å². The molecule has 0 aliphatic rings. The predicted octanol–water partition coefficient (Wildman–Crippen LogP) is 2.01. The normalized spacial score (nSPS) is 10.6. The van der Waals surface area contributed by atoms with Gasteiger partial charge in [-0.3, -0.25) is 4.79 Å². The second kappa shape index (κ2) is 3.61. The van der Waals surface area contributed by atoms with Crippen LogP contribution in [0.4, 0.5) is 0 Å². The lowest BCUT2D eigenvalue weighted by molar-refractivity contribution is 0.0701. The molecule has 82 valence electrons. The van der Waals surface area contributed by atoms with Crippen LogP contribution in [-0.2, 0) is 0 Å². The zero-order valence-corrected chi connectivity index (χ0v) is 9.30. The molecular weight excluding hydrogens is 226 g/mol. The predicted molar refractivity (Wildman–Crippen MR) is 62.0 cm³/mol. The first-order valence-electron chi connectivity index (χ1n) is 4.57. The van der Waals surface area contributed by atoms with E-state index in [-0.39, 0.29) is 0 Å². The minimum absolute atomic E-state index is 0.302. The summed E-state index contributed by atoms with van der Waals surface area (Å²) >= 11 is 1.16. The van der Waals surface area contributed by atoms with E-state index in [1.165, 1.54) is 0 Å². The third-order valence-electron chi connectivity index (χ3n) is 2.42. The minimum Gasteiger partial charge on any atom is -0.477 e. The molecule has 4 nitrogen and oxygen atoms in total. The van der Waals surface area contributed by atoms with Gasteiger partial charge in [0.25, 0.3) is 0 Å². The number of aryl methyl sites for hydroxylation is 1. The molecule has 0 spiro atoms. The minimum atomic E-state index is -0.945. The number of aromatic carboxylic acids is 1. The van der Waals surface area contributed by atoms with Crippen molar-refractivity contribution >= 4 is 33.3 Å². The van der Waals surface area contributed by atoms with Crippen molar-refractivity contribution in [2.45, 2.75) is 6.92 Å². The topological polar surface area (TPSA) is 80.4 Å². The number of amides is 1. The maximum absolute atomic E-state index is 11.0. The number of carbonyl (C=O) groups excluding carboxylic acids is 1. The maximum atomic E-state index is 11.0. The van der Waals surface area contributed by atoms with E-state index in [2.05, 4.69) is 0 Å². The van der Waals surface area contributed by atoms with Crippen LogP contribution in [0.3, 0.4) is 0 Å². The third-order valence-corrected chi connectivity index (χ3v) is 3.66. The number of carbonyl (C=O) groups is 2. The number of carboxylic acid groups (broad SMARTS) is 1. The maximum Gasteiger partial charge on any atom is 0.346 e. The van der Waals surface area contributed by atoms with Crippen molar-refractivity contribution in [3.63, 3.8) is 0 Å². The molecule has 1 heterocycles. The summed E-state index contributed by atoms with van der Waals surface area (Å²) in [7, 11) is 0. The van der Waals surface area contributed by atoms with Crippen molar-refractivity contribution in [3.05, 3.63) is 34.2 Å². The molecule has 0 atom stereocenters. The van der Waals surface area contributed by atoms with Crippen LogP contribution in [-0.4, -0.2) is 17.0 Å². The molecule has 1 aromatic carbocycles. The fourth-order valence-corrected chi connectivity index (χ4v) is 2.67. The molecule has 3 N–H and O–H groups in total. The monoisotopic (exact) mass is 235 g/mol. The Morgan fingerprint density at radius 3 is 2.62 bits per heavy atom. The second-order valence-electron chi connectivity index (χ2n) is 3.44. The zero-order chi connectivity index (χ0) is 11.9. The van der Waals surface area contributed by atoms with E-state index in [1.807, 2.05) is 0 Å². The summed E-state index contributed by atoms with van der Waals surface area (Å²) in [6.45, 7) is 1.76. The fourth-order valence-electron chi connectivity index (χ4n) is 1.58. The number of thiophene rings is 1. The lowest BCUT2D eigenvalue weighted by Gasteiger charge is -1.95. The van der Waals surface area contributed by atoms with Crippen LogP contribution in [0.5, 0.6) is 0 Å². The Morgan fingerprint density at radius 1 is 1.38 bits per heavy atom. The molecule has 2 rings (SSSR count). The zero-order valence-electron chi connectivity index (χ0n) is 8.48. The van der Waals surface area contributed by atoms with E-state index in [0.717, 1.165) is 27.0 Å². The molecule has 0 aliphatic heterocycles. The Morgan fingerprint density at radius 2 is 2.06 bits per heavy atom. The molecule has 0 aliphatic carbocycles. The van der Waals surface area contributed by atoms with Crippen LogP contribution in [0.25, 0.3) is 10.1 Å². The number of carboxylic acids is 1. The summed E-state index contributed by atoms with van der Waals surface area (Å²) in [4.78, 5) is 22.2. The smallest absolute Gasteiger partial charge is 0.346 e. The van der Waals surface area contributed by atoms with Crippen LogP contribution >= 0.6 is 11.3 Å². The number of hydrogen-bond donors (Lipinski definition) is 2. The van der Waals surface area contributed by atoms with Gasteiger partial charge in [-0.05, 0) is 30.0 Å². The van der Waals surface area contributed by atoms with Crippen molar-refractivity contribution in [2.75, 3.05) is 0 Å². The number of hydrogen-bond acceptors (Lipinski definition) is 3. The molecule has 1 amide bonds. The van der Waals surface area contributed by atoms with Gasteiger partial charge in [-0.2, -0.15) is 0 Å². The van der Waals surface area contributed by atoms with Gasteiger partial charge < -0.3 is 10.8 Å². The Bertz CT molecular complexity index is 601. The van der Waals surface area contributed by atoms with E-state index in [1.54, 1.807) is 25.1 Å². The number of fused-ring (bicyclic) bond motifs is 1. The number of nitrogens with two attached hydrogens (primary N) is 1. The van der Waals surface area contributed by atoms with Gasteiger partial charge in [0.05, 0.1) is 0 Å². The largest absolute Gasteiger partial charge is 0.477 e. The highest BCUT2D eigenvalue weighted by Crippen LogP contribution is 2.31. The van der Waals surface area contributed by atoms with Gasteiger partial charge in [0.2, 0.25) is 5.91 Å². The summed E-state index contributed by atoms with van der Waals surface area (Å²) in [6, 6.07) is 4.96. The average Bonchev–Trinajstić information content (AvgIpc) is 2.55. The molecule has 0 saturated heterocycles. The first-order chi connectivity index (χ1) is 7.50. The highest BCUT2D eigenvalue weighted by Gasteiger charge is 2.14. The molecule has 0 unspecified atom stereocenters. The molecule has 0 fully saturated rings. The van der Waals surface area contributed by atoms with Crippen molar-refractivity contribution in [1.82, 2.24) is 0 Å². The molecule has 16 heavy (non-hydrogen) atoms. The Balaban J connectivity index is 2.72. The SMILES string of the molecule is Cc1c(C(=O)O)sc2cc(C(N)=O)ccc12. The summed E-state index contributed by atoms with van der Waals surface area (Å²) in [5.74, 6) is -1.45. The van der Waals surface area contributed by atoms with Crippen LogP contribution in [0, 0.1) is 6.92 Å². The second-order valence-corrected chi connectivity index (χ2v) is 4.49. The van der Waals surface area contributed by atoms with Gasteiger partial charge in [-0.15, -0.1) is 11.3 Å². The van der Waals surface area contributed by atoms with Crippen molar-refractivity contribution in [3.8, 4) is 0 Å². The van der Waals surface area contributed by atoms with Crippen LogP contribution in [0.1, 0.15) is 25.6 Å². The Kier molecular flexibility index (Phi) is 2.40. The molecule has 5 heteroatoms. The van der Waals surface area contributed by atoms with Crippen molar-refractivity contribution in [2.24, 2.45) is 5.73 Å². The van der Waals surface area contributed by atoms with Gasteiger partial charge in [0.1, 0.15) is 4.88 Å². The standard InChI is InChI=1S/C11H9NO3S/c1-5-7-3-2-6(10(12)13)4-8(7)16-9(5)11(14)15/h2-4H,1H3,(H2,12,13)(H,14,15). The highest BCUT2D eigenvalue weighted by molar-refractivity contribution is 7.21. The van der Waals surface area contributed by atoms with E-state index < -0.39 is 11.9 Å². The van der Waals surface area contributed by atoms with Crippen LogP contribution < -0.4 is 5.73 Å². The van der Waals surface area contributed by atoms with Crippen molar-refractivity contribution in [1.29, 1.82) is 0 Å². The Hall–Kier alpha value is -1.88. The fraction of sp³-hybridized carbons (Fsp3) is 0.0909. The van der Waals surface area contributed by atoms with E-state index in [4.69, 9.17) is 10.8 Å². The molecule has 0 radical (unpaired) electrons. The molecule has 0 saturated carbocycles. The summed E-state index contributed by atoms with van der Waals surface area (Å²) in [6.07, 6.45) is 0. The van der Waals surface area contributed by atoms with Crippen molar-refractivity contribution < 1.29 is 14.7 Å². The van der Waals surface area contributed by atoms with Crippen LogP contribution in [0.2, 0.25) is 0 Å². The van der Waals surface area contributed by atoms with Gasteiger partial charge in [0.15, 0.2) is 0 Å². The quantitative estimate of drug-likeness (QED) is 0.835. The summed E-state index contributed by atoms with van der Waals surface area (Å²) in [5.41, 5.74) is 6.28.